The van der Waals surface area contributed by atoms with E-state index in [1.807, 2.05) is 74.5 Å². The fourth-order valence-electron chi connectivity index (χ4n) is 3.64. The molecule has 1 aliphatic heterocycles. The van der Waals surface area contributed by atoms with Gasteiger partial charge < -0.3 is 10.1 Å². The number of hydrogen-bond donors (Lipinski definition) is 1. The molecule has 0 unspecified atom stereocenters. The highest BCUT2D eigenvalue weighted by Crippen LogP contribution is 2.33. The smallest absolute Gasteiger partial charge is 0.278 e. The third-order valence-electron chi connectivity index (χ3n) is 5.47. The average Bonchev–Trinajstić information content (AvgIpc) is 3.01. The number of nitrogens with one attached hydrogen (secondary N) is 1. The summed E-state index contributed by atoms with van der Waals surface area (Å²) >= 11 is 6.27. The van der Waals surface area contributed by atoms with Crippen LogP contribution in [0.5, 0.6) is 5.75 Å². The molecule has 0 fully saturated rings. The second-order valence-corrected chi connectivity index (χ2v) is 8.12. The van der Waals surface area contributed by atoms with E-state index in [9.17, 15) is 9.59 Å². The number of rotatable bonds is 6. The molecule has 0 radical (unpaired) electrons. The van der Waals surface area contributed by atoms with Gasteiger partial charge in [0.25, 0.3) is 11.8 Å². The molecule has 4 rings (SSSR count). The summed E-state index contributed by atoms with van der Waals surface area (Å²) in [6.07, 6.45) is 0. The van der Waals surface area contributed by atoms with Gasteiger partial charge in [-0.3, -0.25) is 14.5 Å². The van der Waals surface area contributed by atoms with E-state index in [1.54, 1.807) is 13.2 Å². The Morgan fingerprint density at radius 1 is 0.938 bits per heavy atom. The van der Waals surface area contributed by atoms with Crippen LogP contribution in [0.15, 0.2) is 72.4 Å². The summed E-state index contributed by atoms with van der Waals surface area (Å²) in [5.74, 6) is -0.129. The van der Waals surface area contributed by atoms with Gasteiger partial charge >= 0.3 is 0 Å². The van der Waals surface area contributed by atoms with E-state index in [0.29, 0.717) is 27.6 Å². The Morgan fingerprint density at radius 2 is 1.66 bits per heavy atom. The summed E-state index contributed by atoms with van der Waals surface area (Å²) in [6.45, 7) is 3.99. The van der Waals surface area contributed by atoms with Crippen molar-refractivity contribution in [2.45, 2.75) is 20.4 Å². The maximum absolute atomic E-state index is 13.5. The Balaban J connectivity index is 1.75. The highest BCUT2D eigenvalue weighted by atomic mass is 35.5. The van der Waals surface area contributed by atoms with Gasteiger partial charge in [0.05, 0.1) is 19.2 Å². The van der Waals surface area contributed by atoms with Crippen LogP contribution in [0.2, 0.25) is 5.02 Å². The highest BCUT2D eigenvalue weighted by molar-refractivity contribution is 6.36. The van der Waals surface area contributed by atoms with Gasteiger partial charge in [0.15, 0.2) is 0 Å². The lowest BCUT2D eigenvalue weighted by atomic mass is 10.0. The quantitative estimate of drug-likeness (QED) is 0.518. The van der Waals surface area contributed by atoms with Crippen LogP contribution in [0.25, 0.3) is 5.57 Å². The number of amides is 2. The molecule has 1 heterocycles. The maximum atomic E-state index is 13.5. The number of carbonyl (C=O) groups excluding carboxylic acids is 2. The predicted molar refractivity (Wildman–Crippen MR) is 126 cm³/mol. The standard InChI is InChI=1S/C26H23ClN2O3/c1-16-8-11-18(12-9-16)23-24(28-20-13-10-17(2)21(27)14-20)26(31)29(25(23)30)15-19-6-4-5-7-22(19)32-3/h4-14,28H,15H2,1-3H3. The molecule has 0 aromatic heterocycles. The van der Waals surface area contributed by atoms with E-state index >= 15 is 0 Å². The molecule has 0 aliphatic carbocycles. The van der Waals surface area contributed by atoms with Crippen molar-refractivity contribution in [3.05, 3.63) is 99.7 Å². The summed E-state index contributed by atoms with van der Waals surface area (Å²) in [5.41, 5.74) is 4.63. The molecule has 6 heteroatoms. The van der Waals surface area contributed by atoms with Crippen LogP contribution < -0.4 is 10.1 Å². The molecule has 0 saturated carbocycles. The van der Waals surface area contributed by atoms with Crippen LogP contribution >= 0.6 is 11.6 Å². The highest BCUT2D eigenvalue weighted by Gasteiger charge is 2.39. The number of carbonyl (C=O) groups is 2. The molecule has 3 aromatic carbocycles. The summed E-state index contributed by atoms with van der Waals surface area (Å²) in [4.78, 5) is 28.1. The van der Waals surface area contributed by atoms with E-state index in [2.05, 4.69) is 5.32 Å². The molecule has 5 nitrogen and oxygen atoms in total. The van der Waals surface area contributed by atoms with Crippen molar-refractivity contribution in [3.63, 3.8) is 0 Å². The van der Waals surface area contributed by atoms with E-state index in [0.717, 1.165) is 16.7 Å². The second-order valence-electron chi connectivity index (χ2n) is 7.71. The van der Waals surface area contributed by atoms with Crippen LogP contribution in [0.4, 0.5) is 5.69 Å². The number of benzene rings is 3. The Kier molecular flexibility index (Phi) is 6.01. The van der Waals surface area contributed by atoms with Crippen molar-refractivity contribution in [1.82, 2.24) is 4.90 Å². The molecule has 32 heavy (non-hydrogen) atoms. The Bertz CT molecular complexity index is 1230. The first kappa shape index (κ1) is 21.7. The van der Waals surface area contributed by atoms with Gasteiger partial charge in [0, 0.05) is 16.3 Å². The summed E-state index contributed by atoms with van der Waals surface area (Å²) in [7, 11) is 1.57. The van der Waals surface area contributed by atoms with Crippen LogP contribution in [0.3, 0.4) is 0 Å². The molecule has 0 atom stereocenters. The Labute approximate surface area is 192 Å². The largest absolute Gasteiger partial charge is 0.496 e. The van der Waals surface area contributed by atoms with E-state index in [4.69, 9.17) is 16.3 Å². The topological polar surface area (TPSA) is 58.6 Å². The van der Waals surface area contributed by atoms with Crippen LogP contribution in [-0.2, 0) is 16.1 Å². The van der Waals surface area contributed by atoms with E-state index in [-0.39, 0.29) is 18.1 Å². The predicted octanol–water partition coefficient (Wildman–Crippen LogP) is 5.36. The van der Waals surface area contributed by atoms with E-state index in [1.165, 1.54) is 4.90 Å². The first-order chi connectivity index (χ1) is 15.4. The molecular weight excluding hydrogens is 424 g/mol. The first-order valence-electron chi connectivity index (χ1n) is 10.2. The summed E-state index contributed by atoms with van der Waals surface area (Å²) in [6, 6.07) is 20.3. The number of imide groups is 1. The minimum absolute atomic E-state index is 0.108. The number of hydrogen-bond acceptors (Lipinski definition) is 4. The minimum Gasteiger partial charge on any atom is -0.496 e. The fraction of sp³-hybridized carbons (Fsp3) is 0.154. The van der Waals surface area contributed by atoms with Crippen molar-refractivity contribution in [2.75, 3.05) is 12.4 Å². The third-order valence-corrected chi connectivity index (χ3v) is 5.88. The van der Waals surface area contributed by atoms with Crippen molar-refractivity contribution >= 4 is 34.7 Å². The number of nitrogens with zero attached hydrogens (tertiary/aromatic N) is 1. The fourth-order valence-corrected chi connectivity index (χ4v) is 3.82. The van der Waals surface area contributed by atoms with Gasteiger partial charge in [-0.05, 0) is 43.2 Å². The normalized spacial score (nSPS) is 13.7. The summed E-state index contributed by atoms with van der Waals surface area (Å²) < 4.78 is 5.40. The zero-order chi connectivity index (χ0) is 22.8. The third kappa shape index (κ3) is 4.12. The number of halogens is 1. The lowest BCUT2D eigenvalue weighted by molar-refractivity contribution is -0.137. The van der Waals surface area contributed by atoms with Crippen molar-refractivity contribution in [2.24, 2.45) is 0 Å². The van der Waals surface area contributed by atoms with Crippen molar-refractivity contribution in [1.29, 1.82) is 0 Å². The second kappa shape index (κ2) is 8.89. The molecule has 0 saturated heterocycles. The van der Waals surface area contributed by atoms with Crippen LogP contribution in [0, 0.1) is 13.8 Å². The average molecular weight is 447 g/mol. The molecule has 1 aliphatic rings. The van der Waals surface area contributed by atoms with Crippen LogP contribution in [-0.4, -0.2) is 23.8 Å². The molecule has 2 amide bonds. The zero-order valence-corrected chi connectivity index (χ0v) is 18.9. The number of aryl methyl sites for hydroxylation is 2. The van der Waals surface area contributed by atoms with Gasteiger partial charge in [-0.25, -0.2) is 0 Å². The van der Waals surface area contributed by atoms with Crippen LogP contribution in [0.1, 0.15) is 22.3 Å². The van der Waals surface area contributed by atoms with E-state index < -0.39 is 5.91 Å². The number of ether oxygens (including phenoxy) is 1. The number of methoxy groups -OCH3 is 1. The van der Waals surface area contributed by atoms with Gasteiger partial charge in [0.1, 0.15) is 11.4 Å². The lowest BCUT2D eigenvalue weighted by Crippen LogP contribution is -2.32. The monoisotopic (exact) mass is 446 g/mol. The van der Waals surface area contributed by atoms with Crippen molar-refractivity contribution in [3.8, 4) is 5.75 Å². The lowest BCUT2D eigenvalue weighted by Gasteiger charge is -2.17. The molecule has 0 spiro atoms. The first-order valence-corrected chi connectivity index (χ1v) is 10.6. The Morgan fingerprint density at radius 3 is 2.34 bits per heavy atom. The molecule has 3 aromatic rings. The maximum Gasteiger partial charge on any atom is 0.278 e. The van der Waals surface area contributed by atoms with Gasteiger partial charge in [0.2, 0.25) is 0 Å². The zero-order valence-electron chi connectivity index (χ0n) is 18.1. The molecular formula is C26H23ClN2O3. The van der Waals surface area contributed by atoms with Gasteiger partial charge in [-0.1, -0.05) is 65.7 Å². The number of para-hydroxylation sites is 1. The van der Waals surface area contributed by atoms with Gasteiger partial charge in [-0.2, -0.15) is 0 Å². The summed E-state index contributed by atoms with van der Waals surface area (Å²) in [5, 5.41) is 3.73. The number of anilines is 1. The minimum atomic E-state index is -0.395. The molecule has 162 valence electrons. The van der Waals surface area contributed by atoms with Crippen molar-refractivity contribution < 1.29 is 14.3 Å². The molecule has 0 bridgehead atoms. The Hall–Kier alpha value is -3.57. The molecule has 1 N–H and O–H groups in total. The van der Waals surface area contributed by atoms with Gasteiger partial charge in [-0.15, -0.1) is 0 Å². The SMILES string of the molecule is COc1ccccc1CN1C(=O)C(Nc2ccc(C)c(Cl)c2)=C(c2ccc(C)cc2)C1=O.